The van der Waals surface area contributed by atoms with Gasteiger partial charge in [0.2, 0.25) is 0 Å². The van der Waals surface area contributed by atoms with Crippen molar-refractivity contribution in [2.24, 2.45) is 0 Å². The first kappa shape index (κ1) is 15.9. The molecule has 0 aliphatic rings. The van der Waals surface area contributed by atoms with Crippen LogP contribution in [0.1, 0.15) is 23.0 Å². The Bertz CT molecular complexity index is 878. The van der Waals surface area contributed by atoms with Crippen molar-refractivity contribution < 1.29 is 9.53 Å². The van der Waals surface area contributed by atoms with E-state index in [1.165, 1.54) is 0 Å². The highest BCUT2D eigenvalue weighted by Crippen LogP contribution is 2.33. The summed E-state index contributed by atoms with van der Waals surface area (Å²) in [5.41, 5.74) is 3.64. The highest BCUT2D eigenvalue weighted by molar-refractivity contribution is 6.05. The number of rotatable bonds is 4. The van der Waals surface area contributed by atoms with E-state index in [1.807, 2.05) is 61.3 Å². The third-order valence-corrected chi connectivity index (χ3v) is 3.81. The molecule has 3 rings (SSSR count). The fourth-order valence-electron chi connectivity index (χ4n) is 2.66. The van der Waals surface area contributed by atoms with Crippen molar-refractivity contribution in [3.63, 3.8) is 0 Å². The molecule has 0 aliphatic carbocycles. The maximum atomic E-state index is 12.4. The number of aryl methyl sites for hydroxylation is 1. The Labute approximate surface area is 140 Å². The molecule has 0 unspecified atom stereocenters. The number of ether oxygens (including phenoxy) is 1. The number of fused-ring (bicyclic) bond motifs is 1. The molecule has 0 N–H and O–H groups in total. The number of pyridine rings is 2. The fourth-order valence-corrected chi connectivity index (χ4v) is 2.66. The number of esters is 1. The fraction of sp³-hybridized carbons (Fsp3) is 0.211. The molecule has 24 heavy (non-hydrogen) atoms. The lowest BCUT2D eigenvalue weighted by molar-refractivity contribution is 0.0527. The van der Waals surface area contributed by atoms with Gasteiger partial charge in [0.05, 0.1) is 12.3 Å². The number of nitrogens with zero attached hydrogens (tertiary/aromatic N) is 3. The second-order valence-corrected chi connectivity index (χ2v) is 5.46. The van der Waals surface area contributed by atoms with Crippen molar-refractivity contribution in [1.82, 2.24) is 9.97 Å². The van der Waals surface area contributed by atoms with E-state index < -0.39 is 0 Å². The second kappa shape index (κ2) is 6.66. The zero-order valence-corrected chi connectivity index (χ0v) is 14.0. The van der Waals surface area contributed by atoms with Gasteiger partial charge in [0.1, 0.15) is 5.56 Å². The van der Waals surface area contributed by atoms with E-state index in [0.717, 1.165) is 22.5 Å². The lowest BCUT2D eigenvalue weighted by atomic mass is 10.1. The summed E-state index contributed by atoms with van der Waals surface area (Å²) in [6, 6.07) is 13.7. The largest absolute Gasteiger partial charge is 0.462 e. The Morgan fingerprint density at radius 1 is 1.17 bits per heavy atom. The van der Waals surface area contributed by atoms with Crippen LogP contribution in [0.2, 0.25) is 0 Å². The second-order valence-electron chi connectivity index (χ2n) is 5.46. The molecule has 0 saturated heterocycles. The van der Waals surface area contributed by atoms with E-state index in [-0.39, 0.29) is 5.97 Å². The molecule has 1 aromatic carbocycles. The van der Waals surface area contributed by atoms with Crippen LogP contribution in [0.3, 0.4) is 0 Å². The number of anilines is 2. The van der Waals surface area contributed by atoms with E-state index in [2.05, 4.69) is 9.97 Å². The minimum atomic E-state index is -0.384. The van der Waals surface area contributed by atoms with Gasteiger partial charge in [0.25, 0.3) is 0 Å². The van der Waals surface area contributed by atoms with Crippen LogP contribution in [-0.2, 0) is 4.74 Å². The standard InChI is InChI=1S/C19H19N3O2/c1-4-24-19(23)16-12-20-18-15(11-10-13(2)21-18)17(16)22(3)14-8-6-5-7-9-14/h5-12H,4H2,1-3H3. The summed E-state index contributed by atoms with van der Waals surface area (Å²) in [5.74, 6) is -0.384. The number of carbonyl (C=O) groups is 1. The van der Waals surface area contributed by atoms with Gasteiger partial charge in [0.15, 0.2) is 5.65 Å². The highest BCUT2D eigenvalue weighted by Gasteiger charge is 2.21. The van der Waals surface area contributed by atoms with Gasteiger partial charge in [-0.25, -0.2) is 14.8 Å². The van der Waals surface area contributed by atoms with Gasteiger partial charge in [-0.2, -0.15) is 0 Å². The highest BCUT2D eigenvalue weighted by atomic mass is 16.5. The summed E-state index contributed by atoms with van der Waals surface area (Å²) in [6.07, 6.45) is 1.54. The topological polar surface area (TPSA) is 55.3 Å². The first-order valence-electron chi connectivity index (χ1n) is 7.84. The van der Waals surface area contributed by atoms with Crippen LogP contribution in [0.4, 0.5) is 11.4 Å². The normalized spacial score (nSPS) is 10.6. The molecular weight excluding hydrogens is 302 g/mol. The average molecular weight is 321 g/mol. The van der Waals surface area contributed by atoms with Crippen molar-refractivity contribution in [1.29, 1.82) is 0 Å². The molecule has 0 bridgehead atoms. The Balaban J connectivity index is 2.24. The van der Waals surface area contributed by atoms with Gasteiger partial charge in [-0.15, -0.1) is 0 Å². The summed E-state index contributed by atoms with van der Waals surface area (Å²) >= 11 is 0. The van der Waals surface area contributed by atoms with Crippen LogP contribution >= 0.6 is 0 Å². The van der Waals surface area contributed by atoms with Crippen LogP contribution in [0.15, 0.2) is 48.7 Å². The smallest absolute Gasteiger partial charge is 0.341 e. The van der Waals surface area contributed by atoms with Gasteiger partial charge in [0, 0.05) is 30.0 Å². The maximum Gasteiger partial charge on any atom is 0.341 e. The zero-order valence-electron chi connectivity index (χ0n) is 14.0. The molecule has 5 nitrogen and oxygen atoms in total. The Hall–Kier alpha value is -2.95. The van der Waals surface area contributed by atoms with Crippen molar-refractivity contribution in [3.05, 3.63) is 59.9 Å². The van der Waals surface area contributed by atoms with Gasteiger partial charge >= 0.3 is 5.97 Å². The predicted octanol–water partition coefficient (Wildman–Crippen LogP) is 3.88. The number of hydrogen-bond donors (Lipinski definition) is 0. The molecule has 2 heterocycles. The first-order valence-corrected chi connectivity index (χ1v) is 7.84. The van der Waals surface area contributed by atoms with E-state index in [1.54, 1.807) is 13.1 Å². The van der Waals surface area contributed by atoms with Crippen LogP contribution in [-0.4, -0.2) is 29.6 Å². The molecule has 0 amide bonds. The SMILES string of the molecule is CCOC(=O)c1cnc2nc(C)ccc2c1N(C)c1ccccc1. The van der Waals surface area contributed by atoms with Crippen LogP contribution < -0.4 is 4.90 Å². The molecule has 122 valence electrons. The van der Waals surface area contributed by atoms with Gasteiger partial charge in [-0.3, -0.25) is 0 Å². The Kier molecular flexibility index (Phi) is 4.42. The van der Waals surface area contributed by atoms with E-state index >= 15 is 0 Å². The van der Waals surface area contributed by atoms with Gasteiger partial charge in [-0.05, 0) is 38.1 Å². The molecular formula is C19H19N3O2. The molecule has 0 atom stereocenters. The molecule has 2 aromatic heterocycles. The number of benzene rings is 1. The molecule has 5 heteroatoms. The van der Waals surface area contributed by atoms with Gasteiger partial charge < -0.3 is 9.64 Å². The molecule has 0 aliphatic heterocycles. The minimum Gasteiger partial charge on any atom is -0.462 e. The predicted molar refractivity (Wildman–Crippen MR) is 94.7 cm³/mol. The Morgan fingerprint density at radius 2 is 1.92 bits per heavy atom. The minimum absolute atomic E-state index is 0.317. The van der Waals surface area contributed by atoms with Crippen LogP contribution in [0.5, 0.6) is 0 Å². The lowest BCUT2D eigenvalue weighted by Gasteiger charge is -2.23. The van der Waals surface area contributed by atoms with E-state index in [0.29, 0.717) is 17.8 Å². The molecule has 0 fully saturated rings. The van der Waals surface area contributed by atoms with Crippen molar-refractivity contribution in [2.45, 2.75) is 13.8 Å². The average Bonchev–Trinajstić information content (AvgIpc) is 2.61. The maximum absolute atomic E-state index is 12.4. The number of hydrogen-bond acceptors (Lipinski definition) is 5. The number of carbonyl (C=O) groups excluding carboxylic acids is 1. The lowest BCUT2D eigenvalue weighted by Crippen LogP contribution is -2.17. The van der Waals surface area contributed by atoms with Crippen LogP contribution in [0, 0.1) is 6.92 Å². The molecule has 0 radical (unpaired) electrons. The van der Waals surface area contributed by atoms with Gasteiger partial charge in [-0.1, -0.05) is 18.2 Å². The monoisotopic (exact) mass is 321 g/mol. The third-order valence-electron chi connectivity index (χ3n) is 3.81. The molecule has 0 saturated carbocycles. The summed E-state index contributed by atoms with van der Waals surface area (Å²) in [4.78, 5) is 23.2. The zero-order chi connectivity index (χ0) is 17.1. The quantitative estimate of drug-likeness (QED) is 0.683. The number of aromatic nitrogens is 2. The van der Waals surface area contributed by atoms with Crippen LogP contribution in [0.25, 0.3) is 11.0 Å². The number of para-hydroxylation sites is 1. The molecule has 3 aromatic rings. The summed E-state index contributed by atoms with van der Waals surface area (Å²) in [5, 5.41) is 0.817. The van der Waals surface area contributed by atoms with Crippen molar-refractivity contribution in [3.8, 4) is 0 Å². The van der Waals surface area contributed by atoms with Crippen molar-refractivity contribution in [2.75, 3.05) is 18.6 Å². The summed E-state index contributed by atoms with van der Waals surface area (Å²) < 4.78 is 5.20. The van der Waals surface area contributed by atoms with E-state index in [9.17, 15) is 4.79 Å². The third kappa shape index (κ3) is 2.93. The molecule has 0 spiro atoms. The summed E-state index contributed by atoms with van der Waals surface area (Å²) in [6.45, 7) is 4.02. The Morgan fingerprint density at radius 3 is 2.62 bits per heavy atom. The van der Waals surface area contributed by atoms with Crippen molar-refractivity contribution >= 4 is 28.4 Å². The van der Waals surface area contributed by atoms with E-state index in [4.69, 9.17) is 4.74 Å². The first-order chi connectivity index (χ1) is 11.6. The summed E-state index contributed by atoms with van der Waals surface area (Å²) in [7, 11) is 1.92.